The third-order valence-electron chi connectivity index (χ3n) is 5.08. The summed E-state index contributed by atoms with van der Waals surface area (Å²) in [5.74, 6) is -8.02. The van der Waals surface area contributed by atoms with Crippen molar-refractivity contribution in [2.75, 3.05) is 0 Å². The van der Waals surface area contributed by atoms with Gasteiger partial charge in [0.1, 0.15) is 23.9 Å². The van der Waals surface area contributed by atoms with Crippen LogP contribution >= 0.6 is 0 Å². The van der Waals surface area contributed by atoms with E-state index in [-0.39, 0.29) is 25.0 Å². The van der Waals surface area contributed by atoms with E-state index in [0.29, 0.717) is 5.56 Å². The summed E-state index contributed by atoms with van der Waals surface area (Å²) in [6.45, 7) is 0. The standard InChI is InChI=1S/C22H30N6O10/c23-12(5-6-16(24)30)19(34)26-14(8-17(25)31)21(36)27-13(7-10-1-3-11(29)4-2-10)20(35)28-15(22(37)38)9-18(32)33/h1-4,12-15,29H,5-9,23H2,(H2,24,30)(H2,25,31)(H,26,34)(H,27,36)(H,28,35)(H,32,33)(H,37,38). The number of hydrogen-bond acceptors (Lipinski definition) is 9. The zero-order chi connectivity index (χ0) is 29.0. The molecule has 0 radical (unpaired) electrons. The third kappa shape index (κ3) is 11.3. The number of phenolic OH excluding ortho intramolecular Hbond substituents is 1. The van der Waals surface area contributed by atoms with Crippen molar-refractivity contribution in [1.82, 2.24) is 16.0 Å². The maximum absolute atomic E-state index is 13.0. The topological polar surface area (TPSA) is 294 Å². The van der Waals surface area contributed by atoms with Crippen molar-refractivity contribution in [2.24, 2.45) is 17.2 Å². The van der Waals surface area contributed by atoms with Crippen LogP contribution in [0.1, 0.15) is 31.2 Å². The zero-order valence-electron chi connectivity index (χ0n) is 20.1. The van der Waals surface area contributed by atoms with E-state index in [0.717, 1.165) is 0 Å². The number of rotatable bonds is 16. The average molecular weight is 539 g/mol. The molecule has 12 N–H and O–H groups in total. The first-order valence-corrected chi connectivity index (χ1v) is 11.1. The fraction of sp³-hybridized carbons (Fsp3) is 0.409. The van der Waals surface area contributed by atoms with Gasteiger partial charge in [-0.15, -0.1) is 0 Å². The van der Waals surface area contributed by atoms with Gasteiger partial charge in [-0.3, -0.25) is 28.8 Å². The van der Waals surface area contributed by atoms with Crippen LogP contribution in [0.25, 0.3) is 0 Å². The monoisotopic (exact) mass is 538 g/mol. The van der Waals surface area contributed by atoms with E-state index in [1.807, 2.05) is 5.32 Å². The predicted octanol–water partition coefficient (Wildman–Crippen LogP) is -3.58. The highest BCUT2D eigenvalue weighted by atomic mass is 16.4. The molecule has 0 saturated heterocycles. The molecule has 5 amide bonds. The minimum absolute atomic E-state index is 0.0944. The van der Waals surface area contributed by atoms with Crippen molar-refractivity contribution >= 4 is 41.5 Å². The summed E-state index contributed by atoms with van der Waals surface area (Å²) in [5, 5.41) is 34.1. The molecule has 0 bridgehead atoms. The summed E-state index contributed by atoms with van der Waals surface area (Å²) in [6, 6.07) is -0.817. The van der Waals surface area contributed by atoms with Gasteiger partial charge in [-0.25, -0.2) is 4.79 Å². The SMILES string of the molecule is NC(=O)CCC(N)C(=O)NC(CC(N)=O)C(=O)NC(Cc1ccc(O)cc1)C(=O)NC(CC(=O)O)C(=O)O. The van der Waals surface area contributed by atoms with E-state index in [1.54, 1.807) is 0 Å². The van der Waals surface area contributed by atoms with Crippen LogP contribution in [0.5, 0.6) is 5.75 Å². The van der Waals surface area contributed by atoms with Crippen molar-refractivity contribution in [1.29, 1.82) is 0 Å². The Kier molecular flexibility index (Phi) is 12.1. The Balaban J connectivity index is 3.16. The van der Waals surface area contributed by atoms with E-state index in [9.17, 15) is 43.8 Å². The molecule has 208 valence electrons. The normalized spacial score (nSPS) is 13.7. The number of nitrogens with one attached hydrogen (secondary N) is 3. The van der Waals surface area contributed by atoms with E-state index in [1.165, 1.54) is 24.3 Å². The number of phenols is 1. The molecular weight excluding hydrogens is 508 g/mol. The molecule has 4 atom stereocenters. The van der Waals surface area contributed by atoms with Crippen molar-refractivity contribution in [3.63, 3.8) is 0 Å². The Morgan fingerprint density at radius 3 is 1.76 bits per heavy atom. The molecule has 0 spiro atoms. The number of carbonyl (C=O) groups excluding carboxylic acids is 5. The Morgan fingerprint density at radius 1 is 0.737 bits per heavy atom. The van der Waals surface area contributed by atoms with Crippen molar-refractivity contribution in [3.05, 3.63) is 29.8 Å². The second-order valence-electron chi connectivity index (χ2n) is 8.27. The van der Waals surface area contributed by atoms with Crippen molar-refractivity contribution in [2.45, 2.75) is 56.3 Å². The fourth-order valence-corrected chi connectivity index (χ4v) is 3.11. The lowest BCUT2D eigenvalue weighted by Crippen LogP contribution is -2.58. The highest BCUT2D eigenvalue weighted by molar-refractivity contribution is 5.96. The summed E-state index contributed by atoms with van der Waals surface area (Å²) in [5.41, 5.74) is 16.3. The molecule has 0 fully saturated rings. The number of benzene rings is 1. The maximum Gasteiger partial charge on any atom is 0.326 e. The molecule has 0 saturated carbocycles. The molecular formula is C22H30N6O10. The van der Waals surface area contributed by atoms with E-state index < -0.39 is 78.5 Å². The zero-order valence-corrected chi connectivity index (χ0v) is 20.1. The number of nitrogens with two attached hydrogens (primary N) is 3. The lowest BCUT2D eigenvalue weighted by atomic mass is 10.0. The molecule has 0 heterocycles. The molecule has 38 heavy (non-hydrogen) atoms. The van der Waals surface area contributed by atoms with Gasteiger partial charge < -0.3 is 48.5 Å². The second-order valence-corrected chi connectivity index (χ2v) is 8.27. The Hall–Kier alpha value is -4.73. The maximum atomic E-state index is 13.0. The minimum Gasteiger partial charge on any atom is -0.508 e. The lowest BCUT2D eigenvalue weighted by Gasteiger charge is -2.24. The number of carbonyl (C=O) groups is 7. The molecule has 0 aliphatic heterocycles. The number of carboxylic acid groups (broad SMARTS) is 2. The quantitative estimate of drug-likeness (QED) is 0.0990. The van der Waals surface area contributed by atoms with Gasteiger partial charge in [0.05, 0.1) is 18.9 Å². The molecule has 4 unspecified atom stereocenters. The number of hydrogen-bond donors (Lipinski definition) is 9. The number of aromatic hydroxyl groups is 1. The first-order chi connectivity index (χ1) is 17.7. The smallest absolute Gasteiger partial charge is 0.326 e. The Bertz CT molecular complexity index is 1060. The third-order valence-corrected chi connectivity index (χ3v) is 5.08. The predicted molar refractivity (Wildman–Crippen MR) is 128 cm³/mol. The highest BCUT2D eigenvalue weighted by Gasteiger charge is 2.32. The van der Waals surface area contributed by atoms with Gasteiger partial charge in [0.25, 0.3) is 0 Å². The first-order valence-electron chi connectivity index (χ1n) is 11.1. The number of primary amides is 2. The molecule has 16 nitrogen and oxygen atoms in total. The second kappa shape index (κ2) is 14.7. The van der Waals surface area contributed by atoms with Gasteiger partial charge in [0.15, 0.2) is 0 Å². The summed E-state index contributed by atoms with van der Waals surface area (Å²) in [7, 11) is 0. The van der Waals surface area contributed by atoms with E-state index >= 15 is 0 Å². The van der Waals surface area contributed by atoms with Crippen LogP contribution in [0, 0.1) is 0 Å². The molecule has 1 rings (SSSR count). The van der Waals surface area contributed by atoms with Crippen molar-refractivity contribution in [3.8, 4) is 5.75 Å². The average Bonchev–Trinajstić information content (AvgIpc) is 2.81. The molecule has 16 heteroatoms. The van der Waals surface area contributed by atoms with Gasteiger partial charge in [-0.2, -0.15) is 0 Å². The number of carboxylic acids is 2. The van der Waals surface area contributed by atoms with Crippen LogP contribution in [-0.2, 0) is 40.0 Å². The number of amides is 5. The van der Waals surface area contributed by atoms with Gasteiger partial charge in [0, 0.05) is 12.8 Å². The first kappa shape index (κ1) is 31.3. The van der Waals surface area contributed by atoms with Gasteiger partial charge >= 0.3 is 11.9 Å². The van der Waals surface area contributed by atoms with Gasteiger partial charge in [-0.1, -0.05) is 12.1 Å². The highest BCUT2D eigenvalue weighted by Crippen LogP contribution is 2.12. The van der Waals surface area contributed by atoms with Crippen LogP contribution in [0.3, 0.4) is 0 Å². The molecule has 0 aliphatic rings. The lowest BCUT2D eigenvalue weighted by molar-refractivity contribution is -0.147. The van der Waals surface area contributed by atoms with Crippen molar-refractivity contribution < 1.29 is 48.9 Å². The fourth-order valence-electron chi connectivity index (χ4n) is 3.11. The Labute approximate surface area is 215 Å². The molecule has 0 aromatic heterocycles. The molecule has 1 aromatic rings. The van der Waals surface area contributed by atoms with Crippen LogP contribution in [-0.4, -0.2) is 81.0 Å². The van der Waals surface area contributed by atoms with E-state index in [2.05, 4.69) is 10.6 Å². The van der Waals surface area contributed by atoms with Crippen LogP contribution in [0.2, 0.25) is 0 Å². The summed E-state index contributed by atoms with van der Waals surface area (Å²) >= 11 is 0. The minimum atomic E-state index is -1.83. The van der Waals surface area contributed by atoms with Crippen LogP contribution < -0.4 is 33.2 Å². The van der Waals surface area contributed by atoms with Crippen LogP contribution in [0.4, 0.5) is 0 Å². The van der Waals surface area contributed by atoms with Crippen LogP contribution in [0.15, 0.2) is 24.3 Å². The summed E-state index contributed by atoms with van der Waals surface area (Å²) in [4.78, 5) is 83.1. The Morgan fingerprint density at radius 2 is 1.26 bits per heavy atom. The number of aliphatic carboxylic acids is 2. The van der Waals surface area contributed by atoms with E-state index in [4.69, 9.17) is 22.3 Å². The summed E-state index contributed by atoms with van der Waals surface area (Å²) in [6.07, 6.45) is -2.29. The largest absolute Gasteiger partial charge is 0.508 e. The summed E-state index contributed by atoms with van der Waals surface area (Å²) < 4.78 is 0. The van der Waals surface area contributed by atoms with Gasteiger partial charge in [-0.05, 0) is 24.1 Å². The molecule has 0 aliphatic carbocycles. The molecule has 1 aromatic carbocycles. The van der Waals surface area contributed by atoms with Gasteiger partial charge in [0.2, 0.25) is 29.5 Å².